The number of aliphatic hydroxyl groups excluding tert-OH is 1. The SMILES string of the molecule is CCSc1cccc(N2CCC(O)C(C)C2)c1CN. The predicted octanol–water partition coefficient (Wildman–Crippen LogP) is 2.46. The Morgan fingerprint density at radius 3 is 2.89 bits per heavy atom. The first-order chi connectivity index (χ1) is 9.17. The Morgan fingerprint density at radius 2 is 2.26 bits per heavy atom. The van der Waals surface area contributed by atoms with E-state index in [0.29, 0.717) is 12.5 Å². The first kappa shape index (κ1) is 14.7. The van der Waals surface area contributed by atoms with Gasteiger partial charge in [-0.05, 0) is 30.2 Å². The van der Waals surface area contributed by atoms with E-state index in [1.807, 2.05) is 11.8 Å². The van der Waals surface area contributed by atoms with Crippen molar-refractivity contribution in [1.82, 2.24) is 0 Å². The van der Waals surface area contributed by atoms with Gasteiger partial charge in [0.25, 0.3) is 0 Å². The van der Waals surface area contributed by atoms with E-state index in [2.05, 4.69) is 36.9 Å². The summed E-state index contributed by atoms with van der Waals surface area (Å²) in [7, 11) is 0. The molecule has 0 bridgehead atoms. The molecular weight excluding hydrogens is 256 g/mol. The summed E-state index contributed by atoms with van der Waals surface area (Å²) in [5.41, 5.74) is 8.46. The largest absolute Gasteiger partial charge is 0.393 e. The van der Waals surface area contributed by atoms with Crippen molar-refractivity contribution in [3.63, 3.8) is 0 Å². The van der Waals surface area contributed by atoms with Gasteiger partial charge in [0, 0.05) is 35.8 Å². The quantitative estimate of drug-likeness (QED) is 0.832. The maximum Gasteiger partial charge on any atom is 0.0599 e. The van der Waals surface area contributed by atoms with E-state index in [-0.39, 0.29) is 6.10 Å². The molecule has 0 amide bonds. The number of aliphatic hydroxyl groups is 1. The van der Waals surface area contributed by atoms with Crippen LogP contribution < -0.4 is 10.6 Å². The van der Waals surface area contributed by atoms with Crippen LogP contribution in [-0.2, 0) is 6.54 Å². The first-order valence-corrected chi connectivity index (χ1v) is 8.03. The molecule has 0 aliphatic carbocycles. The number of anilines is 1. The molecule has 0 aromatic heterocycles. The van der Waals surface area contributed by atoms with Gasteiger partial charge < -0.3 is 15.7 Å². The zero-order valence-electron chi connectivity index (χ0n) is 11.8. The van der Waals surface area contributed by atoms with E-state index in [9.17, 15) is 5.11 Å². The van der Waals surface area contributed by atoms with E-state index in [1.54, 1.807) is 0 Å². The monoisotopic (exact) mass is 280 g/mol. The van der Waals surface area contributed by atoms with Crippen molar-refractivity contribution in [3.05, 3.63) is 23.8 Å². The molecule has 1 heterocycles. The highest BCUT2D eigenvalue weighted by Gasteiger charge is 2.25. The summed E-state index contributed by atoms with van der Waals surface area (Å²) in [5.74, 6) is 1.38. The molecule has 1 saturated heterocycles. The van der Waals surface area contributed by atoms with Gasteiger partial charge in [-0.1, -0.05) is 19.9 Å². The molecule has 19 heavy (non-hydrogen) atoms. The molecule has 0 saturated carbocycles. The lowest BCUT2D eigenvalue weighted by Crippen LogP contribution is -2.42. The average Bonchev–Trinajstić information content (AvgIpc) is 2.42. The van der Waals surface area contributed by atoms with Crippen LogP contribution in [0.5, 0.6) is 0 Å². The molecule has 3 nitrogen and oxygen atoms in total. The Kier molecular flexibility index (Phi) is 5.13. The number of hydrogen-bond donors (Lipinski definition) is 2. The Morgan fingerprint density at radius 1 is 1.47 bits per heavy atom. The van der Waals surface area contributed by atoms with Crippen LogP contribution in [0.25, 0.3) is 0 Å². The fourth-order valence-corrected chi connectivity index (χ4v) is 3.55. The summed E-state index contributed by atoms with van der Waals surface area (Å²) in [6.07, 6.45) is 0.682. The molecule has 1 aromatic carbocycles. The second-order valence-corrected chi connectivity index (χ2v) is 6.48. The van der Waals surface area contributed by atoms with E-state index in [1.165, 1.54) is 16.1 Å². The number of rotatable bonds is 4. The number of nitrogens with zero attached hydrogens (tertiary/aromatic N) is 1. The van der Waals surface area contributed by atoms with Crippen molar-refractivity contribution in [2.24, 2.45) is 11.7 Å². The minimum atomic E-state index is -0.161. The second-order valence-electron chi connectivity index (χ2n) is 5.17. The highest BCUT2D eigenvalue weighted by Crippen LogP contribution is 2.32. The number of hydrogen-bond acceptors (Lipinski definition) is 4. The molecule has 2 rings (SSSR count). The Bertz CT molecular complexity index is 425. The summed E-state index contributed by atoms with van der Waals surface area (Å²) in [5, 5.41) is 9.85. The average molecular weight is 280 g/mol. The van der Waals surface area contributed by atoms with E-state index < -0.39 is 0 Å². The molecule has 1 aliphatic heterocycles. The summed E-state index contributed by atoms with van der Waals surface area (Å²) in [6.45, 7) is 6.68. The van der Waals surface area contributed by atoms with Crippen LogP contribution in [-0.4, -0.2) is 30.1 Å². The van der Waals surface area contributed by atoms with Crippen molar-refractivity contribution in [2.45, 2.75) is 37.8 Å². The summed E-state index contributed by atoms with van der Waals surface area (Å²) in [4.78, 5) is 3.67. The zero-order valence-corrected chi connectivity index (χ0v) is 12.6. The highest BCUT2D eigenvalue weighted by atomic mass is 32.2. The van der Waals surface area contributed by atoms with Crippen molar-refractivity contribution in [3.8, 4) is 0 Å². The molecule has 2 unspecified atom stereocenters. The third-order valence-corrected chi connectivity index (χ3v) is 4.80. The topological polar surface area (TPSA) is 49.5 Å². The fourth-order valence-electron chi connectivity index (χ4n) is 2.70. The lowest BCUT2D eigenvalue weighted by atomic mass is 9.95. The van der Waals surface area contributed by atoms with Crippen LogP contribution in [0.15, 0.2) is 23.1 Å². The summed E-state index contributed by atoms with van der Waals surface area (Å²) in [6, 6.07) is 6.43. The zero-order chi connectivity index (χ0) is 13.8. The maximum atomic E-state index is 9.85. The molecular formula is C15H24N2OS. The minimum absolute atomic E-state index is 0.161. The van der Waals surface area contributed by atoms with E-state index in [0.717, 1.165) is 25.3 Å². The molecule has 1 aromatic rings. The van der Waals surface area contributed by atoms with Crippen molar-refractivity contribution < 1.29 is 5.11 Å². The van der Waals surface area contributed by atoms with Crippen LogP contribution >= 0.6 is 11.8 Å². The molecule has 3 N–H and O–H groups in total. The van der Waals surface area contributed by atoms with Gasteiger partial charge in [-0.2, -0.15) is 0 Å². The number of thioether (sulfide) groups is 1. The molecule has 1 aliphatic rings. The third-order valence-electron chi connectivity index (χ3n) is 3.81. The molecule has 106 valence electrons. The van der Waals surface area contributed by atoms with Crippen LogP contribution in [0.1, 0.15) is 25.8 Å². The van der Waals surface area contributed by atoms with Gasteiger partial charge in [0.15, 0.2) is 0 Å². The highest BCUT2D eigenvalue weighted by molar-refractivity contribution is 7.99. The summed E-state index contributed by atoms with van der Waals surface area (Å²) >= 11 is 1.85. The van der Waals surface area contributed by atoms with Gasteiger partial charge >= 0.3 is 0 Å². The maximum absolute atomic E-state index is 9.85. The smallest absolute Gasteiger partial charge is 0.0599 e. The van der Waals surface area contributed by atoms with Gasteiger partial charge in [0.1, 0.15) is 0 Å². The van der Waals surface area contributed by atoms with Gasteiger partial charge in [0.05, 0.1) is 6.10 Å². The van der Waals surface area contributed by atoms with Gasteiger partial charge in [-0.15, -0.1) is 11.8 Å². The molecule has 1 fully saturated rings. The second kappa shape index (κ2) is 6.64. The third kappa shape index (κ3) is 3.25. The fraction of sp³-hybridized carbons (Fsp3) is 0.600. The lowest BCUT2D eigenvalue weighted by molar-refractivity contribution is 0.0970. The molecule has 0 spiro atoms. The van der Waals surface area contributed by atoms with Crippen molar-refractivity contribution >= 4 is 17.4 Å². The first-order valence-electron chi connectivity index (χ1n) is 7.05. The Balaban J connectivity index is 2.26. The summed E-state index contributed by atoms with van der Waals surface area (Å²) < 4.78 is 0. The molecule has 0 radical (unpaired) electrons. The minimum Gasteiger partial charge on any atom is -0.393 e. The standard InChI is InChI=1S/C15H24N2OS/c1-3-19-15-6-4-5-13(12(15)9-16)17-8-7-14(18)11(2)10-17/h4-6,11,14,18H,3,7-10,16H2,1-2H3. The predicted molar refractivity (Wildman–Crippen MR) is 82.7 cm³/mol. The lowest BCUT2D eigenvalue weighted by Gasteiger charge is -2.37. The van der Waals surface area contributed by atoms with Gasteiger partial charge in [0.2, 0.25) is 0 Å². The number of nitrogens with two attached hydrogens (primary N) is 1. The van der Waals surface area contributed by atoms with Crippen molar-refractivity contribution in [1.29, 1.82) is 0 Å². The normalized spacial score (nSPS) is 23.7. The van der Waals surface area contributed by atoms with E-state index >= 15 is 0 Å². The van der Waals surface area contributed by atoms with E-state index in [4.69, 9.17) is 5.73 Å². The van der Waals surface area contributed by atoms with Crippen LogP contribution in [0.4, 0.5) is 5.69 Å². The van der Waals surface area contributed by atoms with Crippen molar-refractivity contribution in [2.75, 3.05) is 23.7 Å². The number of piperidine rings is 1. The molecule has 4 heteroatoms. The molecule has 2 atom stereocenters. The Hall–Kier alpha value is -0.710. The number of benzene rings is 1. The van der Waals surface area contributed by atoms with Gasteiger partial charge in [-0.25, -0.2) is 0 Å². The Labute approximate surface area is 120 Å². The van der Waals surface area contributed by atoms with Gasteiger partial charge in [-0.3, -0.25) is 0 Å². The van der Waals surface area contributed by atoms with Crippen LogP contribution in [0, 0.1) is 5.92 Å². The van der Waals surface area contributed by atoms with Crippen LogP contribution in [0.2, 0.25) is 0 Å². The van der Waals surface area contributed by atoms with Crippen LogP contribution in [0.3, 0.4) is 0 Å².